The van der Waals surface area contributed by atoms with Gasteiger partial charge in [0.2, 0.25) is 0 Å². The number of para-hydroxylation sites is 1. The molecule has 0 unspecified atom stereocenters. The van der Waals surface area contributed by atoms with Crippen LogP contribution in [-0.4, -0.2) is 23.9 Å². The Hall–Kier alpha value is -2.86. The fourth-order valence-corrected chi connectivity index (χ4v) is 3.52. The molecule has 0 saturated carbocycles. The second-order valence-corrected chi connectivity index (χ2v) is 6.48. The average molecular weight is 397 g/mol. The zero-order chi connectivity index (χ0) is 17.6. The van der Waals surface area contributed by atoms with Crippen LogP contribution >= 0.6 is 15.9 Å². The number of carbonyl (C=O) groups excluding carboxylic acids is 2. The van der Waals surface area contributed by atoms with Crippen molar-refractivity contribution in [3.63, 3.8) is 0 Å². The Morgan fingerprint density at radius 3 is 2.44 bits per heavy atom. The maximum atomic E-state index is 12.5. The highest BCUT2D eigenvalue weighted by Crippen LogP contribution is 2.38. The summed E-state index contributed by atoms with van der Waals surface area (Å²) in [6.07, 6.45) is 1.76. The van der Waals surface area contributed by atoms with Gasteiger partial charge in [-0.2, -0.15) is 0 Å². The number of rotatable bonds is 3. The van der Waals surface area contributed by atoms with E-state index in [0.717, 1.165) is 10.9 Å². The number of aromatic amines is 1. The average Bonchev–Trinajstić information content (AvgIpc) is 3.15. The van der Waals surface area contributed by atoms with E-state index in [1.54, 1.807) is 31.5 Å². The van der Waals surface area contributed by atoms with Gasteiger partial charge in [0.15, 0.2) is 0 Å². The molecule has 5 nitrogen and oxygen atoms in total. The van der Waals surface area contributed by atoms with Gasteiger partial charge in [0, 0.05) is 32.7 Å². The molecular weight excluding hydrogens is 384 g/mol. The van der Waals surface area contributed by atoms with E-state index >= 15 is 0 Å². The number of nitrogens with one attached hydrogen (secondary N) is 2. The van der Waals surface area contributed by atoms with E-state index in [0.29, 0.717) is 32.5 Å². The van der Waals surface area contributed by atoms with Crippen molar-refractivity contribution < 1.29 is 14.3 Å². The number of hydrogen-bond acceptors (Lipinski definition) is 3. The van der Waals surface area contributed by atoms with Crippen LogP contribution in [0.5, 0.6) is 5.75 Å². The fourth-order valence-electron chi connectivity index (χ4n) is 3.07. The molecule has 0 radical (unpaired) electrons. The summed E-state index contributed by atoms with van der Waals surface area (Å²) < 4.78 is 5.97. The van der Waals surface area contributed by atoms with Gasteiger partial charge in [-0.3, -0.25) is 14.9 Å². The van der Waals surface area contributed by atoms with Crippen molar-refractivity contribution in [3.8, 4) is 5.75 Å². The first kappa shape index (κ1) is 15.7. The van der Waals surface area contributed by atoms with E-state index in [2.05, 4.69) is 26.2 Å². The summed E-state index contributed by atoms with van der Waals surface area (Å²) in [4.78, 5) is 28.2. The number of H-pyrrole nitrogens is 1. The predicted octanol–water partition coefficient (Wildman–Crippen LogP) is 3.51. The zero-order valence-corrected chi connectivity index (χ0v) is 14.8. The van der Waals surface area contributed by atoms with Gasteiger partial charge < -0.3 is 9.72 Å². The normalized spacial score (nSPS) is 14.3. The second kappa shape index (κ2) is 5.89. The minimum Gasteiger partial charge on any atom is -0.497 e. The molecular formula is C19H13BrN2O3. The van der Waals surface area contributed by atoms with Crippen LogP contribution in [0.1, 0.15) is 11.1 Å². The molecule has 2 aromatic carbocycles. The number of carbonyl (C=O) groups is 2. The molecule has 1 aliphatic heterocycles. The molecule has 0 spiro atoms. The molecule has 4 rings (SSSR count). The van der Waals surface area contributed by atoms with Crippen molar-refractivity contribution in [2.24, 2.45) is 0 Å². The second-order valence-electron chi connectivity index (χ2n) is 5.63. The number of hydrogen-bond donors (Lipinski definition) is 2. The van der Waals surface area contributed by atoms with E-state index in [9.17, 15) is 9.59 Å². The van der Waals surface area contributed by atoms with Crippen LogP contribution in [0.25, 0.3) is 22.0 Å². The maximum Gasteiger partial charge on any atom is 0.259 e. The molecule has 0 bridgehead atoms. The third kappa shape index (κ3) is 2.46. The molecule has 3 aromatic rings. The number of amides is 2. The fraction of sp³-hybridized carbons (Fsp3) is 0.0526. The topological polar surface area (TPSA) is 71.2 Å². The lowest BCUT2D eigenvalue weighted by Crippen LogP contribution is -2.22. The number of aromatic nitrogens is 1. The Bertz CT molecular complexity index is 1070. The summed E-state index contributed by atoms with van der Waals surface area (Å²) in [6.45, 7) is 0. The highest BCUT2D eigenvalue weighted by Gasteiger charge is 2.34. The van der Waals surface area contributed by atoms with Gasteiger partial charge >= 0.3 is 0 Å². The molecule has 1 aromatic heterocycles. The van der Waals surface area contributed by atoms with Gasteiger partial charge in [-0.05, 0) is 24.3 Å². The van der Waals surface area contributed by atoms with Crippen molar-refractivity contribution in [2.45, 2.75) is 0 Å². The van der Waals surface area contributed by atoms with Gasteiger partial charge in [0.05, 0.1) is 18.3 Å². The highest BCUT2D eigenvalue weighted by atomic mass is 79.9. The SMILES string of the molecule is COc1ccc(Br)c(C2=C(c3c[nH]c4ccccc34)C(=O)NC2=O)c1. The van der Waals surface area contributed by atoms with Gasteiger partial charge in [0.25, 0.3) is 11.8 Å². The molecule has 1 aliphatic rings. The lowest BCUT2D eigenvalue weighted by molar-refractivity contribution is -0.122. The van der Waals surface area contributed by atoms with Gasteiger partial charge in [0.1, 0.15) is 5.75 Å². The first-order chi connectivity index (χ1) is 12.1. The Morgan fingerprint density at radius 1 is 0.960 bits per heavy atom. The largest absolute Gasteiger partial charge is 0.497 e. The summed E-state index contributed by atoms with van der Waals surface area (Å²) in [5, 5.41) is 3.29. The molecule has 0 aliphatic carbocycles. The molecule has 0 atom stereocenters. The molecule has 2 heterocycles. The van der Waals surface area contributed by atoms with Crippen LogP contribution in [0.4, 0.5) is 0 Å². The number of halogens is 1. The third-order valence-corrected chi connectivity index (χ3v) is 4.92. The van der Waals surface area contributed by atoms with Crippen LogP contribution in [0.2, 0.25) is 0 Å². The van der Waals surface area contributed by atoms with Crippen molar-refractivity contribution in [1.82, 2.24) is 10.3 Å². The monoisotopic (exact) mass is 396 g/mol. The Balaban J connectivity index is 2.03. The molecule has 124 valence electrons. The predicted molar refractivity (Wildman–Crippen MR) is 99.0 cm³/mol. The minimum absolute atomic E-state index is 0.334. The Labute approximate surface area is 151 Å². The quantitative estimate of drug-likeness (QED) is 0.665. The lowest BCUT2D eigenvalue weighted by atomic mass is 9.96. The lowest BCUT2D eigenvalue weighted by Gasteiger charge is -2.09. The molecule has 0 saturated heterocycles. The van der Waals surface area contributed by atoms with Gasteiger partial charge in [-0.15, -0.1) is 0 Å². The molecule has 6 heteroatoms. The van der Waals surface area contributed by atoms with Crippen LogP contribution in [0, 0.1) is 0 Å². The molecule has 2 N–H and O–H groups in total. The standard InChI is InChI=1S/C19H13BrN2O3/c1-25-10-6-7-14(20)12(8-10)16-17(19(24)22-18(16)23)13-9-21-15-5-3-2-4-11(13)15/h2-9,21H,1H3,(H,22,23,24). The first-order valence-corrected chi connectivity index (χ1v) is 8.40. The van der Waals surface area contributed by atoms with E-state index in [4.69, 9.17) is 4.74 Å². The van der Waals surface area contributed by atoms with E-state index in [1.807, 2.05) is 24.3 Å². The number of methoxy groups -OCH3 is 1. The van der Waals surface area contributed by atoms with Crippen LogP contribution in [0.3, 0.4) is 0 Å². The van der Waals surface area contributed by atoms with E-state index in [-0.39, 0.29) is 0 Å². The highest BCUT2D eigenvalue weighted by molar-refractivity contribution is 9.10. The smallest absolute Gasteiger partial charge is 0.259 e. The number of ether oxygens (including phenoxy) is 1. The first-order valence-electron chi connectivity index (χ1n) is 7.60. The van der Waals surface area contributed by atoms with Crippen LogP contribution in [0.15, 0.2) is 53.1 Å². The summed E-state index contributed by atoms with van der Waals surface area (Å²) in [5.74, 6) is -0.213. The van der Waals surface area contributed by atoms with Gasteiger partial charge in [-0.1, -0.05) is 34.1 Å². The summed E-state index contributed by atoms with van der Waals surface area (Å²) >= 11 is 3.47. The van der Waals surface area contributed by atoms with E-state index < -0.39 is 11.8 Å². The maximum absolute atomic E-state index is 12.5. The molecule has 0 fully saturated rings. The Morgan fingerprint density at radius 2 is 1.68 bits per heavy atom. The van der Waals surface area contributed by atoms with Crippen molar-refractivity contribution in [3.05, 3.63) is 64.3 Å². The molecule has 25 heavy (non-hydrogen) atoms. The number of imide groups is 1. The summed E-state index contributed by atoms with van der Waals surface area (Å²) in [5.41, 5.74) is 2.91. The van der Waals surface area contributed by atoms with Crippen LogP contribution in [-0.2, 0) is 9.59 Å². The number of fused-ring (bicyclic) bond motifs is 1. The van der Waals surface area contributed by atoms with Crippen LogP contribution < -0.4 is 10.1 Å². The minimum atomic E-state index is -0.417. The van der Waals surface area contributed by atoms with Crippen molar-refractivity contribution in [2.75, 3.05) is 7.11 Å². The van der Waals surface area contributed by atoms with Crippen molar-refractivity contribution >= 4 is 49.8 Å². The molecule has 2 amide bonds. The summed E-state index contributed by atoms with van der Waals surface area (Å²) in [7, 11) is 1.56. The van der Waals surface area contributed by atoms with Gasteiger partial charge in [-0.25, -0.2) is 0 Å². The Kier molecular flexibility index (Phi) is 3.69. The van der Waals surface area contributed by atoms with Crippen molar-refractivity contribution in [1.29, 1.82) is 0 Å². The zero-order valence-electron chi connectivity index (χ0n) is 13.2. The number of benzene rings is 2. The third-order valence-electron chi connectivity index (χ3n) is 4.23. The van der Waals surface area contributed by atoms with E-state index in [1.165, 1.54) is 0 Å². The summed E-state index contributed by atoms with van der Waals surface area (Å²) in [6, 6.07) is 13.0.